The number of amides is 1. The van der Waals surface area contributed by atoms with Crippen molar-refractivity contribution < 1.29 is 4.79 Å². The van der Waals surface area contributed by atoms with Crippen molar-refractivity contribution >= 4 is 11.6 Å². The second-order valence-electron chi connectivity index (χ2n) is 6.50. The Labute approximate surface area is 140 Å². The standard InChI is InChI=1S/C18H20N4O2/c1-21-17(23)10-13-11-22(9-8-15(13)20-21)16-7-6-12-4-2-3-5-14(12)19-18(16)24/h2-5,10,16H,6-9,11H2,1H3,(H,19,24). The van der Waals surface area contributed by atoms with Gasteiger partial charge in [0.2, 0.25) is 5.91 Å². The average molecular weight is 324 g/mol. The molecule has 1 unspecified atom stereocenters. The molecule has 0 radical (unpaired) electrons. The van der Waals surface area contributed by atoms with Crippen molar-refractivity contribution in [2.24, 2.45) is 7.05 Å². The molecule has 0 bridgehead atoms. The number of aromatic nitrogens is 2. The largest absolute Gasteiger partial charge is 0.324 e. The van der Waals surface area contributed by atoms with Crippen LogP contribution >= 0.6 is 0 Å². The molecule has 0 aliphatic carbocycles. The molecule has 0 spiro atoms. The van der Waals surface area contributed by atoms with E-state index in [2.05, 4.69) is 21.4 Å². The van der Waals surface area contributed by atoms with Crippen LogP contribution in [0.3, 0.4) is 0 Å². The highest BCUT2D eigenvalue weighted by molar-refractivity contribution is 5.96. The van der Waals surface area contributed by atoms with Crippen LogP contribution in [0, 0.1) is 0 Å². The zero-order valence-corrected chi connectivity index (χ0v) is 13.7. The topological polar surface area (TPSA) is 67.2 Å². The van der Waals surface area contributed by atoms with Gasteiger partial charge in [0, 0.05) is 38.3 Å². The lowest BCUT2D eigenvalue weighted by Crippen LogP contribution is -2.46. The van der Waals surface area contributed by atoms with Gasteiger partial charge in [-0.05, 0) is 30.0 Å². The molecule has 1 N–H and O–H groups in total. The van der Waals surface area contributed by atoms with Gasteiger partial charge in [0.05, 0.1) is 11.7 Å². The Hall–Kier alpha value is -2.47. The quantitative estimate of drug-likeness (QED) is 0.853. The molecule has 2 aliphatic heterocycles. The molecule has 3 heterocycles. The number of nitrogens with zero attached hydrogens (tertiary/aromatic N) is 3. The maximum absolute atomic E-state index is 12.7. The number of hydrogen-bond donors (Lipinski definition) is 1. The summed E-state index contributed by atoms with van der Waals surface area (Å²) in [6.45, 7) is 1.39. The lowest BCUT2D eigenvalue weighted by atomic mass is 10.0. The fourth-order valence-electron chi connectivity index (χ4n) is 3.63. The second-order valence-corrected chi connectivity index (χ2v) is 6.50. The predicted octanol–water partition coefficient (Wildman–Crippen LogP) is 1.09. The van der Waals surface area contributed by atoms with Crippen molar-refractivity contribution in [1.82, 2.24) is 14.7 Å². The number of nitrogens with one attached hydrogen (secondary N) is 1. The van der Waals surface area contributed by atoms with Crippen molar-refractivity contribution in [2.45, 2.75) is 31.8 Å². The molecule has 6 nitrogen and oxygen atoms in total. The molecule has 0 fully saturated rings. The van der Waals surface area contributed by atoms with Crippen molar-refractivity contribution in [3.8, 4) is 0 Å². The smallest absolute Gasteiger partial charge is 0.266 e. The third kappa shape index (κ3) is 2.63. The number of benzene rings is 1. The van der Waals surface area contributed by atoms with Gasteiger partial charge in [0.25, 0.3) is 5.56 Å². The number of para-hydroxylation sites is 1. The number of carbonyl (C=O) groups excluding carboxylic acids is 1. The first-order valence-corrected chi connectivity index (χ1v) is 8.31. The molecule has 2 aromatic rings. The lowest BCUT2D eigenvalue weighted by Gasteiger charge is -2.33. The number of rotatable bonds is 1. The van der Waals surface area contributed by atoms with E-state index in [9.17, 15) is 9.59 Å². The third-order valence-corrected chi connectivity index (χ3v) is 4.97. The van der Waals surface area contributed by atoms with Gasteiger partial charge in [-0.2, -0.15) is 5.10 Å². The SMILES string of the molecule is Cn1nc2c(cc1=O)CN(C1CCc3ccccc3NC1=O)CC2. The van der Waals surface area contributed by atoms with Crippen LogP contribution in [-0.2, 0) is 31.2 Å². The number of fused-ring (bicyclic) bond motifs is 2. The van der Waals surface area contributed by atoms with Crippen molar-refractivity contribution in [2.75, 3.05) is 11.9 Å². The minimum Gasteiger partial charge on any atom is -0.324 e. The molecule has 0 saturated carbocycles. The Balaban J connectivity index is 1.58. The maximum Gasteiger partial charge on any atom is 0.266 e. The van der Waals surface area contributed by atoms with Crippen molar-refractivity contribution in [1.29, 1.82) is 0 Å². The molecule has 1 atom stereocenters. The Kier molecular flexibility index (Phi) is 3.69. The van der Waals surface area contributed by atoms with Gasteiger partial charge in [-0.3, -0.25) is 14.5 Å². The van der Waals surface area contributed by atoms with Crippen LogP contribution in [0.1, 0.15) is 23.2 Å². The van der Waals surface area contributed by atoms with Gasteiger partial charge in [-0.1, -0.05) is 18.2 Å². The summed E-state index contributed by atoms with van der Waals surface area (Å²) in [5.74, 6) is 0.0418. The zero-order valence-electron chi connectivity index (χ0n) is 13.7. The molecular formula is C18H20N4O2. The molecular weight excluding hydrogens is 304 g/mol. The van der Waals surface area contributed by atoms with E-state index in [1.54, 1.807) is 13.1 Å². The Morgan fingerprint density at radius 3 is 2.88 bits per heavy atom. The molecule has 1 aromatic carbocycles. The summed E-state index contributed by atoms with van der Waals surface area (Å²) in [5, 5.41) is 7.39. The first kappa shape index (κ1) is 15.1. The molecule has 6 heteroatoms. The molecule has 1 amide bonds. The monoisotopic (exact) mass is 324 g/mol. The predicted molar refractivity (Wildman–Crippen MR) is 90.8 cm³/mol. The van der Waals surface area contributed by atoms with Crippen LogP contribution in [0.15, 0.2) is 35.1 Å². The number of carbonyl (C=O) groups is 1. The summed E-state index contributed by atoms with van der Waals surface area (Å²) >= 11 is 0. The van der Waals surface area contributed by atoms with E-state index in [4.69, 9.17) is 0 Å². The number of anilines is 1. The highest BCUT2D eigenvalue weighted by Crippen LogP contribution is 2.26. The van der Waals surface area contributed by atoms with Gasteiger partial charge in [0.1, 0.15) is 0 Å². The summed E-state index contributed by atoms with van der Waals surface area (Å²) in [6.07, 6.45) is 2.42. The van der Waals surface area contributed by atoms with Gasteiger partial charge >= 0.3 is 0 Å². The van der Waals surface area contributed by atoms with Gasteiger partial charge in [0.15, 0.2) is 0 Å². The normalized spacial score (nSPS) is 20.7. The van der Waals surface area contributed by atoms with Crippen molar-refractivity contribution in [3.05, 3.63) is 57.5 Å². The Morgan fingerprint density at radius 2 is 2.00 bits per heavy atom. The van der Waals surface area contributed by atoms with Crippen LogP contribution in [0.5, 0.6) is 0 Å². The van der Waals surface area contributed by atoms with Crippen LogP contribution < -0.4 is 10.9 Å². The summed E-state index contributed by atoms with van der Waals surface area (Å²) in [6, 6.07) is 9.45. The fraction of sp³-hybridized carbons (Fsp3) is 0.389. The second kappa shape index (κ2) is 5.87. The average Bonchev–Trinajstić information content (AvgIpc) is 2.74. The maximum atomic E-state index is 12.7. The van der Waals surface area contributed by atoms with Crippen LogP contribution in [0.2, 0.25) is 0 Å². The fourth-order valence-corrected chi connectivity index (χ4v) is 3.63. The molecule has 4 rings (SSSR count). The first-order valence-electron chi connectivity index (χ1n) is 8.31. The van der Waals surface area contributed by atoms with Gasteiger partial charge in [-0.15, -0.1) is 0 Å². The molecule has 24 heavy (non-hydrogen) atoms. The summed E-state index contributed by atoms with van der Waals surface area (Å²) in [4.78, 5) is 26.7. The van der Waals surface area contributed by atoms with E-state index in [0.29, 0.717) is 6.54 Å². The molecule has 1 aromatic heterocycles. The lowest BCUT2D eigenvalue weighted by molar-refractivity contribution is -0.121. The van der Waals surface area contributed by atoms with Crippen LogP contribution in [-0.4, -0.2) is 33.2 Å². The van der Waals surface area contributed by atoms with E-state index >= 15 is 0 Å². The van der Waals surface area contributed by atoms with Crippen LogP contribution in [0.25, 0.3) is 0 Å². The highest BCUT2D eigenvalue weighted by atomic mass is 16.2. The van der Waals surface area contributed by atoms with E-state index in [0.717, 1.165) is 42.8 Å². The molecule has 2 aliphatic rings. The molecule has 0 saturated heterocycles. The van der Waals surface area contributed by atoms with E-state index < -0.39 is 0 Å². The minimum atomic E-state index is -0.172. The summed E-state index contributed by atoms with van der Waals surface area (Å²) in [5.41, 5.74) is 3.90. The highest BCUT2D eigenvalue weighted by Gasteiger charge is 2.31. The first-order chi connectivity index (χ1) is 11.6. The Morgan fingerprint density at radius 1 is 1.17 bits per heavy atom. The van der Waals surface area contributed by atoms with E-state index in [1.807, 2.05) is 18.2 Å². The Bertz CT molecular complexity index is 858. The van der Waals surface area contributed by atoms with Gasteiger partial charge < -0.3 is 5.32 Å². The number of hydrogen-bond acceptors (Lipinski definition) is 4. The zero-order chi connectivity index (χ0) is 16.7. The molecule has 124 valence electrons. The number of aryl methyl sites for hydroxylation is 2. The van der Waals surface area contributed by atoms with Crippen molar-refractivity contribution in [3.63, 3.8) is 0 Å². The van der Waals surface area contributed by atoms with Crippen LogP contribution in [0.4, 0.5) is 5.69 Å². The van der Waals surface area contributed by atoms with E-state index in [1.165, 1.54) is 10.2 Å². The summed E-state index contributed by atoms with van der Waals surface area (Å²) in [7, 11) is 1.67. The van der Waals surface area contributed by atoms with Gasteiger partial charge in [-0.25, -0.2) is 4.68 Å². The third-order valence-electron chi connectivity index (χ3n) is 4.97. The minimum absolute atomic E-state index is 0.0418. The summed E-state index contributed by atoms with van der Waals surface area (Å²) < 4.78 is 1.38. The van der Waals surface area contributed by atoms with E-state index in [-0.39, 0.29) is 17.5 Å².